The van der Waals surface area contributed by atoms with Crippen molar-refractivity contribution in [1.82, 2.24) is 20.3 Å². The number of ether oxygens (including phenoxy) is 1. The van der Waals surface area contributed by atoms with E-state index in [0.29, 0.717) is 42.7 Å². The van der Waals surface area contributed by atoms with Gasteiger partial charge in [-0.15, -0.1) is 0 Å². The second kappa shape index (κ2) is 8.95. The molecule has 1 heterocycles. The summed E-state index contributed by atoms with van der Waals surface area (Å²) in [6.45, 7) is 3.05. The number of hydrogen-bond acceptors (Lipinski definition) is 8. The number of carbonyl (C=O) groups is 1. The van der Waals surface area contributed by atoms with E-state index in [1.807, 2.05) is 19.1 Å². The van der Waals surface area contributed by atoms with Gasteiger partial charge in [0.05, 0.1) is 18.7 Å². The van der Waals surface area contributed by atoms with Gasteiger partial charge in [0, 0.05) is 14.1 Å². The summed E-state index contributed by atoms with van der Waals surface area (Å²) in [5.41, 5.74) is 12.6. The van der Waals surface area contributed by atoms with E-state index in [9.17, 15) is 4.79 Å². The summed E-state index contributed by atoms with van der Waals surface area (Å²) in [7, 11) is 3.60. The van der Waals surface area contributed by atoms with Crippen molar-refractivity contribution in [2.75, 3.05) is 37.9 Å². The Morgan fingerprint density at radius 1 is 1.27 bits per heavy atom. The summed E-state index contributed by atoms with van der Waals surface area (Å²) < 4.78 is 5.69. The fraction of sp³-hybridized carbons (Fsp3) is 0.412. The molecule has 0 saturated carbocycles. The average Bonchev–Trinajstić information content (AvgIpc) is 2.59. The standard InChI is InChI=1S/C17H25N7O2/c1-11-5-6-12(13(9-11)26-8-4-7-18)15(25)20-10-14-21-16(19)23-17(22-14)24(2)3/h5-6,9H,4,7-8,10,18H2,1-3H3,(H,20,25)(H2,19,21,22,23). The summed E-state index contributed by atoms with van der Waals surface area (Å²) in [5.74, 6) is 1.17. The zero-order chi connectivity index (χ0) is 19.1. The monoisotopic (exact) mass is 359 g/mol. The Balaban J connectivity index is 2.10. The highest BCUT2D eigenvalue weighted by Gasteiger charge is 2.14. The first kappa shape index (κ1) is 19.4. The van der Waals surface area contributed by atoms with Gasteiger partial charge in [-0.2, -0.15) is 15.0 Å². The number of amides is 1. The number of benzene rings is 1. The minimum absolute atomic E-state index is 0.106. The van der Waals surface area contributed by atoms with Crippen LogP contribution in [0.15, 0.2) is 18.2 Å². The zero-order valence-electron chi connectivity index (χ0n) is 15.3. The molecule has 0 spiro atoms. The van der Waals surface area contributed by atoms with Crippen LogP contribution in [0.25, 0.3) is 0 Å². The molecule has 0 saturated heterocycles. The van der Waals surface area contributed by atoms with Crippen LogP contribution in [0.5, 0.6) is 5.75 Å². The van der Waals surface area contributed by atoms with Crippen molar-refractivity contribution >= 4 is 17.8 Å². The third kappa shape index (κ3) is 5.28. The van der Waals surface area contributed by atoms with Crippen molar-refractivity contribution in [3.05, 3.63) is 35.2 Å². The molecule has 9 heteroatoms. The molecule has 0 unspecified atom stereocenters. The number of nitrogens with zero attached hydrogens (tertiary/aromatic N) is 4. The van der Waals surface area contributed by atoms with Crippen molar-refractivity contribution in [3.63, 3.8) is 0 Å². The molecule has 0 aliphatic rings. The maximum atomic E-state index is 12.6. The number of aryl methyl sites for hydroxylation is 1. The van der Waals surface area contributed by atoms with E-state index in [4.69, 9.17) is 16.2 Å². The average molecular weight is 359 g/mol. The summed E-state index contributed by atoms with van der Waals surface area (Å²) >= 11 is 0. The Morgan fingerprint density at radius 2 is 2.04 bits per heavy atom. The quantitative estimate of drug-likeness (QED) is 0.580. The molecule has 140 valence electrons. The molecule has 1 amide bonds. The molecule has 26 heavy (non-hydrogen) atoms. The van der Waals surface area contributed by atoms with Crippen LogP contribution in [0, 0.1) is 6.92 Å². The number of nitrogens with one attached hydrogen (secondary N) is 1. The number of nitrogen functional groups attached to an aromatic ring is 1. The predicted octanol–water partition coefficient (Wildman–Crippen LogP) is 0.486. The Kier molecular flexibility index (Phi) is 6.67. The maximum Gasteiger partial charge on any atom is 0.255 e. The molecule has 2 rings (SSSR count). The maximum absolute atomic E-state index is 12.6. The Labute approximate surface area is 152 Å². The van der Waals surface area contributed by atoms with Crippen LogP contribution >= 0.6 is 0 Å². The van der Waals surface area contributed by atoms with E-state index < -0.39 is 0 Å². The summed E-state index contributed by atoms with van der Waals surface area (Å²) in [6.07, 6.45) is 0.715. The van der Waals surface area contributed by atoms with Crippen molar-refractivity contribution in [3.8, 4) is 5.75 Å². The molecule has 0 radical (unpaired) electrons. The fourth-order valence-electron chi connectivity index (χ4n) is 2.16. The smallest absolute Gasteiger partial charge is 0.255 e. The molecule has 0 atom stereocenters. The molecule has 9 nitrogen and oxygen atoms in total. The van der Waals surface area contributed by atoms with Crippen LogP contribution in [-0.2, 0) is 6.54 Å². The van der Waals surface area contributed by atoms with E-state index in [1.165, 1.54) is 0 Å². The second-order valence-corrected chi connectivity index (χ2v) is 5.98. The molecule has 2 aromatic rings. The molecule has 0 bridgehead atoms. The minimum atomic E-state index is -0.280. The van der Waals surface area contributed by atoms with Gasteiger partial charge in [-0.05, 0) is 37.6 Å². The molecule has 0 fully saturated rings. The van der Waals surface area contributed by atoms with Gasteiger partial charge in [0.15, 0.2) is 5.82 Å². The minimum Gasteiger partial charge on any atom is -0.493 e. The van der Waals surface area contributed by atoms with Crippen LogP contribution in [-0.4, -0.2) is 48.1 Å². The SMILES string of the molecule is Cc1ccc(C(=O)NCc2nc(N)nc(N(C)C)n2)c(OCCCN)c1. The highest BCUT2D eigenvalue weighted by molar-refractivity contribution is 5.96. The Hall–Kier alpha value is -2.94. The van der Waals surface area contributed by atoms with Crippen LogP contribution in [0.1, 0.15) is 28.2 Å². The van der Waals surface area contributed by atoms with Gasteiger partial charge in [-0.1, -0.05) is 6.07 Å². The first-order chi connectivity index (χ1) is 12.4. The van der Waals surface area contributed by atoms with Gasteiger partial charge in [0.25, 0.3) is 5.91 Å². The number of nitrogens with two attached hydrogens (primary N) is 2. The highest BCUT2D eigenvalue weighted by Crippen LogP contribution is 2.20. The lowest BCUT2D eigenvalue weighted by atomic mass is 10.1. The molecular formula is C17H25N7O2. The topological polar surface area (TPSA) is 132 Å². The number of carbonyl (C=O) groups excluding carboxylic acids is 1. The van der Waals surface area contributed by atoms with Crippen molar-refractivity contribution < 1.29 is 9.53 Å². The number of hydrogen-bond donors (Lipinski definition) is 3. The van der Waals surface area contributed by atoms with Gasteiger partial charge < -0.3 is 26.4 Å². The molecular weight excluding hydrogens is 334 g/mol. The number of aromatic nitrogens is 3. The van der Waals surface area contributed by atoms with Crippen LogP contribution in [0.2, 0.25) is 0 Å². The van der Waals surface area contributed by atoms with Gasteiger partial charge in [0.1, 0.15) is 5.75 Å². The van der Waals surface area contributed by atoms with Crippen LogP contribution < -0.4 is 26.4 Å². The fourth-order valence-corrected chi connectivity index (χ4v) is 2.16. The van der Waals surface area contributed by atoms with E-state index in [-0.39, 0.29) is 18.4 Å². The number of anilines is 2. The first-order valence-electron chi connectivity index (χ1n) is 8.30. The Bertz CT molecular complexity index is 765. The van der Waals surface area contributed by atoms with Crippen LogP contribution in [0.3, 0.4) is 0 Å². The van der Waals surface area contributed by atoms with Crippen molar-refractivity contribution in [1.29, 1.82) is 0 Å². The third-order valence-corrected chi connectivity index (χ3v) is 3.48. The molecule has 0 aliphatic heterocycles. The third-order valence-electron chi connectivity index (χ3n) is 3.48. The van der Waals surface area contributed by atoms with E-state index in [2.05, 4.69) is 20.3 Å². The van der Waals surface area contributed by atoms with Gasteiger partial charge in [0.2, 0.25) is 11.9 Å². The van der Waals surface area contributed by atoms with E-state index >= 15 is 0 Å². The predicted molar refractivity (Wildman–Crippen MR) is 100 cm³/mol. The summed E-state index contributed by atoms with van der Waals surface area (Å²) in [6, 6.07) is 5.42. The summed E-state index contributed by atoms with van der Waals surface area (Å²) in [4.78, 5) is 26.6. The second-order valence-electron chi connectivity index (χ2n) is 5.98. The Morgan fingerprint density at radius 3 is 2.73 bits per heavy atom. The summed E-state index contributed by atoms with van der Waals surface area (Å²) in [5, 5.41) is 2.79. The molecule has 5 N–H and O–H groups in total. The highest BCUT2D eigenvalue weighted by atomic mass is 16.5. The van der Waals surface area contributed by atoms with Crippen molar-refractivity contribution in [2.45, 2.75) is 19.9 Å². The van der Waals surface area contributed by atoms with E-state index in [0.717, 1.165) is 5.56 Å². The lowest BCUT2D eigenvalue weighted by molar-refractivity contribution is 0.0945. The zero-order valence-corrected chi connectivity index (χ0v) is 15.3. The van der Waals surface area contributed by atoms with Gasteiger partial charge >= 0.3 is 0 Å². The van der Waals surface area contributed by atoms with E-state index in [1.54, 1.807) is 25.1 Å². The van der Waals surface area contributed by atoms with Crippen LogP contribution in [0.4, 0.5) is 11.9 Å². The largest absolute Gasteiger partial charge is 0.493 e. The lowest BCUT2D eigenvalue weighted by Gasteiger charge is -2.13. The normalized spacial score (nSPS) is 10.5. The van der Waals surface area contributed by atoms with Gasteiger partial charge in [-0.3, -0.25) is 4.79 Å². The molecule has 1 aromatic carbocycles. The van der Waals surface area contributed by atoms with Gasteiger partial charge in [-0.25, -0.2) is 0 Å². The van der Waals surface area contributed by atoms with Crippen molar-refractivity contribution in [2.24, 2.45) is 5.73 Å². The molecule has 0 aliphatic carbocycles. The first-order valence-corrected chi connectivity index (χ1v) is 8.30. The lowest BCUT2D eigenvalue weighted by Crippen LogP contribution is -2.26. The molecule has 1 aromatic heterocycles. The number of rotatable bonds is 8.